The minimum atomic E-state index is 0.355. The normalized spacial score (nSPS) is 14.8. The van der Waals surface area contributed by atoms with Crippen molar-refractivity contribution < 1.29 is 9.15 Å². The summed E-state index contributed by atoms with van der Waals surface area (Å²) in [5.74, 6) is 1.79. The fourth-order valence-electron chi connectivity index (χ4n) is 1.88. The van der Waals surface area contributed by atoms with Gasteiger partial charge in [-0.1, -0.05) is 0 Å². The predicted octanol–water partition coefficient (Wildman–Crippen LogP) is 1.55. The van der Waals surface area contributed by atoms with E-state index in [1.807, 2.05) is 6.07 Å². The first-order chi connectivity index (χ1) is 9.20. The lowest BCUT2D eigenvalue weighted by Gasteiger charge is -2.00. The van der Waals surface area contributed by atoms with Crippen LogP contribution in [0.1, 0.15) is 29.9 Å². The van der Waals surface area contributed by atoms with Crippen LogP contribution in [0, 0.1) is 6.92 Å². The van der Waals surface area contributed by atoms with Crippen LogP contribution in [-0.2, 0) is 20.2 Å². The Hall–Kier alpha value is -1.82. The molecular formula is C13H18N4O2. The number of nitrogens with zero attached hydrogens (tertiary/aromatic N) is 3. The minimum absolute atomic E-state index is 0.355. The van der Waals surface area contributed by atoms with Crippen LogP contribution >= 0.6 is 0 Å². The average molecular weight is 262 g/mol. The zero-order valence-electron chi connectivity index (χ0n) is 11.2. The van der Waals surface area contributed by atoms with Crippen molar-refractivity contribution in [1.82, 2.24) is 20.1 Å². The number of aryl methyl sites for hydroxylation is 2. The van der Waals surface area contributed by atoms with Gasteiger partial charge in [0.1, 0.15) is 24.5 Å². The van der Waals surface area contributed by atoms with E-state index in [0.29, 0.717) is 18.7 Å². The summed E-state index contributed by atoms with van der Waals surface area (Å²) in [7, 11) is 1.80. The topological polar surface area (TPSA) is 65.1 Å². The highest BCUT2D eigenvalue weighted by Gasteiger charge is 2.21. The van der Waals surface area contributed by atoms with E-state index in [-0.39, 0.29) is 0 Å². The van der Waals surface area contributed by atoms with Gasteiger partial charge in [0.05, 0.1) is 6.54 Å². The van der Waals surface area contributed by atoms with Gasteiger partial charge < -0.3 is 14.5 Å². The largest absolute Gasteiger partial charge is 0.461 e. The Morgan fingerprint density at radius 2 is 2.37 bits per heavy atom. The minimum Gasteiger partial charge on any atom is -0.461 e. The molecule has 6 heteroatoms. The first kappa shape index (κ1) is 12.2. The second kappa shape index (κ2) is 5.05. The maximum absolute atomic E-state index is 5.77. The molecule has 2 aromatic rings. The molecule has 0 radical (unpaired) electrons. The molecule has 0 aliphatic heterocycles. The molecule has 1 aliphatic carbocycles. The quantitative estimate of drug-likeness (QED) is 0.855. The Balaban J connectivity index is 1.56. The van der Waals surface area contributed by atoms with E-state index in [1.54, 1.807) is 18.1 Å². The molecule has 6 nitrogen and oxygen atoms in total. The van der Waals surface area contributed by atoms with Gasteiger partial charge in [0.25, 0.3) is 0 Å². The van der Waals surface area contributed by atoms with Crippen molar-refractivity contribution in [2.45, 2.75) is 39.0 Å². The SMILES string of the molecule is Cc1cc(COc2ncn(C)n2)oc1CNC1CC1. The first-order valence-corrected chi connectivity index (χ1v) is 6.51. The van der Waals surface area contributed by atoms with Crippen LogP contribution in [0.4, 0.5) is 0 Å². The monoisotopic (exact) mass is 262 g/mol. The summed E-state index contributed by atoms with van der Waals surface area (Å²) in [4.78, 5) is 4.00. The summed E-state index contributed by atoms with van der Waals surface area (Å²) in [6.07, 6.45) is 4.16. The molecule has 0 bridgehead atoms. The summed E-state index contributed by atoms with van der Waals surface area (Å²) < 4.78 is 12.8. The molecule has 19 heavy (non-hydrogen) atoms. The number of hydrogen-bond donors (Lipinski definition) is 1. The van der Waals surface area contributed by atoms with E-state index < -0.39 is 0 Å². The van der Waals surface area contributed by atoms with Gasteiger partial charge in [0.15, 0.2) is 0 Å². The van der Waals surface area contributed by atoms with E-state index in [4.69, 9.17) is 9.15 Å². The highest BCUT2D eigenvalue weighted by Crippen LogP contribution is 2.21. The van der Waals surface area contributed by atoms with E-state index in [1.165, 1.54) is 12.8 Å². The zero-order chi connectivity index (χ0) is 13.2. The molecule has 0 aromatic carbocycles. The Labute approximate surface area is 111 Å². The number of furan rings is 1. The second-order valence-electron chi connectivity index (χ2n) is 4.96. The Morgan fingerprint density at radius 1 is 1.53 bits per heavy atom. The van der Waals surface area contributed by atoms with Crippen molar-refractivity contribution in [3.05, 3.63) is 29.5 Å². The molecule has 102 valence electrons. The van der Waals surface area contributed by atoms with Crippen molar-refractivity contribution in [3.63, 3.8) is 0 Å². The fourth-order valence-corrected chi connectivity index (χ4v) is 1.88. The molecule has 0 amide bonds. The lowest BCUT2D eigenvalue weighted by Crippen LogP contribution is -2.15. The number of hydrogen-bond acceptors (Lipinski definition) is 5. The van der Waals surface area contributed by atoms with Crippen LogP contribution < -0.4 is 10.1 Å². The van der Waals surface area contributed by atoms with Crippen LogP contribution in [0.5, 0.6) is 6.01 Å². The van der Waals surface area contributed by atoms with Crippen LogP contribution in [0.25, 0.3) is 0 Å². The molecule has 1 N–H and O–H groups in total. The van der Waals surface area contributed by atoms with Gasteiger partial charge in [-0.25, -0.2) is 0 Å². The smallest absolute Gasteiger partial charge is 0.335 e. The van der Waals surface area contributed by atoms with Crippen LogP contribution in [0.2, 0.25) is 0 Å². The van der Waals surface area contributed by atoms with Gasteiger partial charge in [-0.2, -0.15) is 4.98 Å². The predicted molar refractivity (Wildman–Crippen MR) is 68.6 cm³/mol. The molecule has 0 atom stereocenters. The molecule has 0 unspecified atom stereocenters. The van der Waals surface area contributed by atoms with Gasteiger partial charge in [-0.15, -0.1) is 5.10 Å². The van der Waals surface area contributed by atoms with Crippen LogP contribution in [0.15, 0.2) is 16.8 Å². The third-order valence-electron chi connectivity index (χ3n) is 3.12. The molecule has 2 aromatic heterocycles. The van der Waals surface area contributed by atoms with E-state index in [2.05, 4.69) is 22.3 Å². The zero-order valence-corrected chi connectivity index (χ0v) is 11.2. The van der Waals surface area contributed by atoms with Gasteiger partial charge in [0, 0.05) is 13.1 Å². The van der Waals surface area contributed by atoms with Crippen molar-refractivity contribution in [2.75, 3.05) is 0 Å². The van der Waals surface area contributed by atoms with E-state index in [9.17, 15) is 0 Å². The lowest BCUT2D eigenvalue weighted by molar-refractivity contribution is 0.245. The lowest BCUT2D eigenvalue weighted by atomic mass is 10.2. The van der Waals surface area contributed by atoms with Crippen molar-refractivity contribution >= 4 is 0 Å². The molecule has 3 rings (SSSR count). The highest BCUT2D eigenvalue weighted by molar-refractivity contribution is 5.20. The number of rotatable bonds is 6. The molecule has 1 saturated carbocycles. The Kier molecular flexibility index (Phi) is 3.25. The van der Waals surface area contributed by atoms with Gasteiger partial charge in [0.2, 0.25) is 0 Å². The summed E-state index contributed by atoms with van der Waals surface area (Å²) in [6.45, 7) is 3.20. The summed E-state index contributed by atoms with van der Waals surface area (Å²) >= 11 is 0. The van der Waals surface area contributed by atoms with Gasteiger partial charge >= 0.3 is 6.01 Å². The number of aromatic nitrogens is 3. The number of nitrogens with one attached hydrogen (secondary N) is 1. The molecule has 0 spiro atoms. The third kappa shape index (κ3) is 3.14. The second-order valence-corrected chi connectivity index (χ2v) is 4.96. The first-order valence-electron chi connectivity index (χ1n) is 6.51. The molecule has 0 saturated heterocycles. The summed E-state index contributed by atoms with van der Waals surface area (Å²) in [5, 5.41) is 7.49. The summed E-state index contributed by atoms with van der Waals surface area (Å²) in [5.41, 5.74) is 1.15. The van der Waals surface area contributed by atoms with E-state index in [0.717, 1.165) is 23.6 Å². The third-order valence-corrected chi connectivity index (χ3v) is 3.12. The van der Waals surface area contributed by atoms with Crippen molar-refractivity contribution in [3.8, 4) is 6.01 Å². The van der Waals surface area contributed by atoms with Gasteiger partial charge in [-0.05, 0) is 31.4 Å². The molecule has 1 fully saturated rings. The van der Waals surface area contributed by atoms with Crippen molar-refractivity contribution in [1.29, 1.82) is 0 Å². The highest BCUT2D eigenvalue weighted by atomic mass is 16.5. The summed E-state index contributed by atoms with van der Waals surface area (Å²) in [6, 6.07) is 3.06. The molecule has 2 heterocycles. The van der Waals surface area contributed by atoms with Crippen LogP contribution in [0.3, 0.4) is 0 Å². The standard InChI is InChI=1S/C13H18N4O2/c1-9-5-11(7-18-13-15-8-17(2)16-13)19-12(9)6-14-10-3-4-10/h5,8,10,14H,3-4,6-7H2,1-2H3. The Morgan fingerprint density at radius 3 is 3.05 bits per heavy atom. The maximum Gasteiger partial charge on any atom is 0.335 e. The van der Waals surface area contributed by atoms with E-state index >= 15 is 0 Å². The average Bonchev–Trinajstić information content (AvgIpc) is 3.02. The number of ether oxygens (including phenoxy) is 1. The Bertz CT molecular complexity index is 557. The maximum atomic E-state index is 5.77. The molecular weight excluding hydrogens is 244 g/mol. The van der Waals surface area contributed by atoms with Crippen LogP contribution in [-0.4, -0.2) is 20.8 Å². The molecule has 1 aliphatic rings. The van der Waals surface area contributed by atoms with Crippen molar-refractivity contribution in [2.24, 2.45) is 7.05 Å². The van der Waals surface area contributed by atoms with Gasteiger partial charge in [-0.3, -0.25) is 4.68 Å². The fraction of sp³-hybridized carbons (Fsp3) is 0.538.